The molecular weight excluding hydrogens is 195 g/mol. The quantitative estimate of drug-likeness (QED) is 0.753. The lowest BCUT2D eigenvalue weighted by Gasteiger charge is -2.10. The van der Waals surface area contributed by atoms with Gasteiger partial charge in [0, 0.05) is 11.8 Å². The van der Waals surface area contributed by atoms with Gasteiger partial charge in [0.15, 0.2) is 0 Å². The summed E-state index contributed by atoms with van der Waals surface area (Å²) in [6.45, 7) is 1.87. The standard InChI is InChI=1S/C9H10F3NO/c1-2-6-3-4-7(5-8(6)13)14-9(10,11)12/h3-5H,2,13H2,1H3. The highest BCUT2D eigenvalue weighted by molar-refractivity contribution is 5.51. The monoisotopic (exact) mass is 205 g/mol. The molecule has 1 aromatic carbocycles. The summed E-state index contributed by atoms with van der Waals surface area (Å²) in [4.78, 5) is 0. The molecule has 0 aliphatic carbocycles. The maximum absolute atomic E-state index is 11.8. The lowest BCUT2D eigenvalue weighted by Crippen LogP contribution is -2.17. The van der Waals surface area contributed by atoms with E-state index in [1.54, 1.807) is 0 Å². The van der Waals surface area contributed by atoms with Gasteiger partial charge in [-0.05, 0) is 18.1 Å². The number of nitrogen functional groups attached to an aromatic ring is 1. The zero-order valence-electron chi connectivity index (χ0n) is 7.56. The lowest BCUT2D eigenvalue weighted by molar-refractivity contribution is -0.274. The zero-order valence-corrected chi connectivity index (χ0v) is 7.56. The van der Waals surface area contributed by atoms with Crippen molar-refractivity contribution in [3.63, 3.8) is 0 Å². The van der Waals surface area contributed by atoms with Crippen LogP contribution in [0.4, 0.5) is 18.9 Å². The number of benzene rings is 1. The third-order valence-corrected chi connectivity index (χ3v) is 1.73. The number of hydrogen-bond donors (Lipinski definition) is 1. The van der Waals surface area contributed by atoms with Gasteiger partial charge in [0.05, 0.1) is 0 Å². The molecule has 0 radical (unpaired) electrons. The van der Waals surface area contributed by atoms with E-state index in [1.165, 1.54) is 18.2 Å². The van der Waals surface area contributed by atoms with Crippen molar-refractivity contribution in [2.75, 3.05) is 5.73 Å². The Labute approximate surface area is 79.5 Å². The molecule has 0 aliphatic rings. The Kier molecular flexibility index (Phi) is 2.88. The first-order valence-electron chi connectivity index (χ1n) is 4.06. The summed E-state index contributed by atoms with van der Waals surface area (Å²) >= 11 is 0. The second-order valence-electron chi connectivity index (χ2n) is 2.76. The van der Waals surface area contributed by atoms with Gasteiger partial charge < -0.3 is 10.5 Å². The number of ether oxygens (including phenoxy) is 1. The van der Waals surface area contributed by atoms with E-state index >= 15 is 0 Å². The first-order valence-corrected chi connectivity index (χ1v) is 4.06. The second-order valence-corrected chi connectivity index (χ2v) is 2.76. The molecule has 0 aromatic heterocycles. The summed E-state index contributed by atoms with van der Waals surface area (Å²) in [5, 5.41) is 0. The first kappa shape index (κ1) is 10.7. The van der Waals surface area contributed by atoms with Crippen molar-refractivity contribution in [3.8, 4) is 5.75 Å². The van der Waals surface area contributed by atoms with Crippen molar-refractivity contribution < 1.29 is 17.9 Å². The molecule has 0 saturated heterocycles. The Morgan fingerprint density at radius 3 is 2.43 bits per heavy atom. The van der Waals surface area contributed by atoms with Crippen LogP contribution in [0, 0.1) is 0 Å². The molecule has 14 heavy (non-hydrogen) atoms. The van der Waals surface area contributed by atoms with Gasteiger partial charge in [0.25, 0.3) is 0 Å². The van der Waals surface area contributed by atoms with Crippen molar-refractivity contribution in [2.24, 2.45) is 0 Å². The van der Waals surface area contributed by atoms with Gasteiger partial charge in [-0.15, -0.1) is 13.2 Å². The van der Waals surface area contributed by atoms with E-state index in [1.807, 2.05) is 6.92 Å². The molecular formula is C9H10F3NO. The van der Waals surface area contributed by atoms with E-state index < -0.39 is 6.36 Å². The molecule has 2 nitrogen and oxygen atoms in total. The van der Waals surface area contributed by atoms with Crippen molar-refractivity contribution >= 4 is 5.69 Å². The minimum Gasteiger partial charge on any atom is -0.406 e. The van der Waals surface area contributed by atoms with Crippen LogP contribution in [0.1, 0.15) is 12.5 Å². The summed E-state index contributed by atoms with van der Waals surface area (Å²) in [6, 6.07) is 3.95. The summed E-state index contributed by atoms with van der Waals surface area (Å²) in [7, 11) is 0. The minimum atomic E-state index is -4.67. The molecule has 1 rings (SSSR count). The summed E-state index contributed by atoms with van der Waals surface area (Å²) in [5.74, 6) is -0.285. The Morgan fingerprint density at radius 1 is 1.36 bits per heavy atom. The highest BCUT2D eigenvalue weighted by Gasteiger charge is 2.31. The summed E-state index contributed by atoms with van der Waals surface area (Å²) in [5.41, 5.74) is 6.62. The van der Waals surface area contributed by atoms with Crippen LogP contribution in [0.25, 0.3) is 0 Å². The highest BCUT2D eigenvalue weighted by atomic mass is 19.4. The largest absolute Gasteiger partial charge is 0.573 e. The number of halogens is 3. The molecule has 2 N–H and O–H groups in total. The molecule has 0 spiro atoms. The topological polar surface area (TPSA) is 35.2 Å². The van der Waals surface area contributed by atoms with Crippen LogP contribution < -0.4 is 10.5 Å². The van der Waals surface area contributed by atoms with Crippen LogP contribution in [-0.4, -0.2) is 6.36 Å². The van der Waals surface area contributed by atoms with Gasteiger partial charge in [-0.1, -0.05) is 13.0 Å². The second kappa shape index (κ2) is 3.77. The van der Waals surface area contributed by atoms with Crippen LogP contribution in [0.15, 0.2) is 18.2 Å². The minimum absolute atomic E-state index is 0.285. The van der Waals surface area contributed by atoms with Gasteiger partial charge >= 0.3 is 6.36 Å². The maximum Gasteiger partial charge on any atom is 0.573 e. The van der Waals surface area contributed by atoms with Crippen molar-refractivity contribution in [2.45, 2.75) is 19.7 Å². The molecule has 0 fully saturated rings. The Morgan fingerprint density at radius 2 is 2.00 bits per heavy atom. The molecule has 5 heteroatoms. The summed E-state index contributed by atoms with van der Waals surface area (Å²) in [6.07, 6.45) is -3.99. The predicted octanol–water partition coefficient (Wildman–Crippen LogP) is 2.73. The van der Waals surface area contributed by atoms with Gasteiger partial charge in [0.1, 0.15) is 5.75 Å². The van der Waals surface area contributed by atoms with Crippen LogP contribution in [0.3, 0.4) is 0 Å². The molecule has 0 saturated carbocycles. The molecule has 1 aromatic rings. The number of hydrogen-bond acceptors (Lipinski definition) is 2. The maximum atomic E-state index is 11.8. The average molecular weight is 205 g/mol. The van der Waals surface area contributed by atoms with Gasteiger partial charge in [-0.25, -0.2) is 0 Å². The van der Waals surface area contributed by atoms with E-state index in [0.29, 0.717) is 12.1 Å². The van der Waals surface area contributed by atoms with Crippen LogP contribution in [0.5, 0.6) is 5.75 Å². The summed E-state index contributed by atoms with van der Waals surface area (Å²) < 4.78 is 39.1. The first-order chi connectivity index (χ1) is 6.42. The van der Waals surface area contributed by atoms with E-state index in [4.69, 9.17) is 5.73 Å². The van der Waals surface area contributed by atoms with E-state index in [2.05, 4.69) is 4.74 Å². The smallest absolute Gasteiger partial charge is 0.406 e. The van der Waals surface area contributed by atoms with Crippen molar-refractivity contribution in [3.05, 3.63) is 23.8 Å². The number of alkyl halides is 3. The van der Waals surface area contributed by atoms with Crippen molar-refractivity contribution in [1.82, 2.24) is 0 Å². The molecule has 0 atom stereocenters. The lowest BCUT2D eigenvalue weighted by atomic mass is 10.1. The van der Waals surface area contributed by atoms with Gasteiger partial charge in [0.2, 0.25) is 0 Å². The molecule has 78 valence electrons. The molecule has 0 bridgehead atoms. The SMILES string of the molecule is CCc1ccc(OC(F)(F)F)cc1N. The number of aryl methyl sites for hydroxylation is 1. The van der Waals surface area contributed by atoms with Crippen LogP contribution >= 0.6 is 0 Å². The van der Waals surface area contributed by atoms with Crippen LogP contribution in [-0.2, 0) is 6.42 Å². The Hall–Kier alpha value is -1.39. The van der Waals surface area contributed by atoms with Gasteiger partial charge in [-0.3, -0.25) is 0 Å². The normalized spacial score (nSPS) is 11.4. The van der Waals surface area contributed by atoms with E-state index in [-0.39, 0.29) is 5.75 Å². The molecule has 0 heterocycles. The highest BCUT2D eigenvalue weighted by Crippen LogP contribution is 2.26. The zero-order chi connectivity index (χ0) is 10.8. The fourth-order valence-corrected chi connectivity index (χ4v) is 1.09. The molecule has 0 amide bonds. The Bertz CT molecular complexity index is 322. The number of anilines is 1. The van der Waals surface area contributed by atoms with Crippen molar-refractivity contribution in [1.29, 1.82) is 0 Å². The Balaban J connectivity index is 2.87. The van der Waals surface area contributed by atoms with Gasteiger partial charge in [-0.2, -0.15) is 0 Å². The van der Waals surface area contributed by atoms with E-state index in [9.17, 15) is 13.2 Å². The number of nitrogens with two attached hydrogens (primary N) is 1. The third kappa shape index (κ3) is 2.83. The molecule has 0 unspecified atom stereocenters. The fraction of sp³-hybridized carbons (Fsp3) is 0.333. The predicted molar refractivity (Wildman–Crippen MR) is 46.9 cm³/mol. The number of rotatable bonds is 2. The van der Waals surface area contributed by atoms with E-state index in [0.717, 1.165) is 5.56 Å². The third-order valence-electron chi connectivity index (χ3n) is 1.73. The average Bonchev–Trinajstić information content (AvgIpc) is 2.01. The van der Waals surface area contributed by atoms with Crippen LogP contribution in [0.2, 0.25) is 0 Å². The fourth-order valence-electron chi connectivity index (χ4n) is 1.09. The molecule has 0 aliphatic heterocycles.